The summed E-state index contributed by atoms with van der Waals surface area (Å²) in [7, 11) is 0. The van der Waals surface area contributed by atoms with Crippen LogP contribution in [0.4, 0.5) is 5.82 Å². The van der Waals surface area contributed by atoms with Crippen molar-refractivity contribution in [3.8, 4) is 0 Å². The summed E-state index contributed by atoms with van der Waals surface area (Å²) >= 11 is 0. The maximum Gasteiger partial charge on any atom is 0.161 e. The Balaban J connectivity index is 1.97. The first-order valence-electron chi connectivity index (χ1n) is 5.90. The molecule has 0 amide bonds. The van der Waals surface area contributed by atoms with Gasteiger partial charge >= 0.3 is 0 Å². The molecule has 82 valence electrons. The van der Waals surface area contributed by atoms with Gasteiger partial charge in [0.25, 0.3) is 0 Å². The predicted octanol–water partition coefficient (Wildman–Crippen LogP) is 2.62. The summed E-state index contributed by atoms with van der Waals surface area (Å²) in [5.74, 6) is 1.07. The molecule has 2 aromatic rings. The van der Waals surface area contributed by atoms with Gasteiger partial charge in [-0.15, -0.1) is 0 Å². The van der Waals surface area contributed by atoms with Gasteiger partial charge in [-0.05, 0) is 43.5 Å². The van der Waals surface area contributed by atoms with Crippen molar-refractivity contribution in [3.63, 3.8) is 0 Å². The van der Waals surface area contributed by atoms with Gasteiger partial charge in [0.2, 0.25) is 0 Å². The first-order valence-corrected chi connectivity index (χ1v) is 5.90. The molecule has 0 spiro atoms. The fraction of sp³-hybridized carbons (Fsp3) is 0.385. The van der Waals surface area contributed by atoms with Crippen LogP contribution in [0.15, 0.2) is 30.5 Å². The molecule has 16 heavy (non-hydrogen) atoms. The molecule has 0 unspecified atom stereocenters. The number of rotatable bonds is 1. The van der Waals surface area contributed by atoms with Crippen molar-refractivity contribution in [2.24, 2.45) is 0 Å². The average molecular weight is 213 g/mol. The van der Waals surface area contributed by atoms with E-state index in [4.69, 9.17) is 0 Å². The number of hydrogen-bond donors (Lipinski definition) is 0. The van der Waals surface area contributed by atoms with E-state index in [9.17, 15) is 0 Å². The third-order valence-corrected chi connectivity index (χ3v) is 3.13. The lowest BCUT2D eigenvalue weighted by Crippen LogP contribution is -2.30. The fourth-order valence-electron chi connectivity index (χ4n) is 2.24. The lowest BCUT2D eigenvalue weighted by atomic mass is 10.1. The minimum Gasteiger partial charge on any atom is -0.357 e. The molecular formula is C13H15N3. The molecule has 3 nitrogen and oxygen atoms in total. The molecule has 1 fully saturated rings. The second-order valence-electron chi connectivity index (χ2n) is 4.27. The Hall–Kier alpha value is -1.64. The molecule has 0 bridgehead atoms. The largest absolute Gasteiger partial charge is 0.357 e. The van der Waals surface area contributed by atoms with Crippen LogP contribution in [0.3, 0.4) is 0 Å². The maximum absolute atomic E-state index is 4.61. The quantitative estimate of drug-likeness (QED) is 0.729. The number of piperidine rings is 1. The second-order valence-corrected chi connectivity index (χ2v) is 4.27. The molecule has 2 aromatic heterocycles. The highest BCUT2D eigenvalue weighted by molar-refractivity contribution is 5.76. The molecular weight excluding hydrogens is 198 g/mol. The standard InChI is InChI=1S/C13H15N3/c1-2-9-16(10-3-1)12-7-6-11-5-4-8-14-13(11)15-12/h4-8H,1-3,9-10H2. The Morgan fingerprint density at radius 3 is 2.75 bits per heavy atom. The number of hydrogen-bond acceptors (Lipinski definition) is 3. The Bertz CT molecular complexity index is 489. The van der Waals surface area contributed by atoms with Gasteiger partial charge in [0.05, 0.1) is 0 Å². The van der Waals surface area contributed by atoms with Crippen molar-refractivity contribution < 1.29 is 0 Å². The van der Waals surface area contributed by atoms with Gasteiger partial charge in [-0.25, -0.2) is 9.97 Å². The molecule has 0 atom stereocenters. The van der Waals surface area contributed by atoms with Gasteiger partial charge in [-0.2, -0.15) is 0 Å². The van der Waals surface area contributed by atoms with Crippen LogP contribution in [0.2, 0.25) is 0 Å². The first kappa shape index (κ1) is 9.58. The van der Waals surface area contributed by atoms with Crippen LogP contribution in [0, 0.1) is 0 Å². The topological polar surface area (TPSA) is 29.0 Å². The van der Waals surface area contributed by atoms with Gasteiger partial charge in [0, 0.05) is 24.7 Å². The van der Waals surface area contributed by atoms with E-state index in [1.165, 1.54) is 19.3 Å². The van der Waals surface area contributed by atoms with E-state index in [1.54, 1.807) is 6.20 Å². The summed E-state index contributed by atoms with van der Waals surface area (Å²) in [4.78, 5) is 11.3. The van der Waals surface area contributed by atoms with Crippen molar-refractivity contribution >= 4 is 16.9 Å². The fourth-order valence-corrected chi connectivity index (χ4v) is 2.24. The van der Waals surface area contributed by atoms with E-state index in [2.05, 4.69) is 33.1 Å². The molecule has 3 heterocycles. The van der Waals surface area contributed by atoms with E-state index in [0.717, 1.165) is 29.9 Å². The van der Waals surface area contributed by atoms with Crippen molar-refractivity contribution in [2.75, 3.05) is 18.0 Å². The minimum atomic E-state index is 0.852. The highest BCUT2D eigenvalue weighted by atomic mass is 15.2. The smallest absolute Gasteiger partial charge is 0.161 e. The lowest BCUT2D eigenvalue weighted by Gasteiger charge is -2.27. The molecule has 3 heteroatoms. The molecule has 0 saturated carbocycles. The van der Waals surface area contributed by atoms with Gasteiger partial charge in [-0.3, -0.25) is 0 Å². The zero-order chi connectivity index (χ0) is 10.8. The van der Waals surface area contributed by atoms with Crippen molar-refractivity contribution in [2.45, 2.75) is 19.3 Å². The number of pyridine rings is 2. The van der Waals surface area contributed by atoms with Crippen molar-refractivity contribution in [1.82, 2.24) is 9.97 Å². The normalized spacial score (nSPS) is 16.6. The van der Waals surface area contributed by atoms with Crippen molar-refractivity contribution in [1.29, 1.82) is 0 Å². The second kappa shape index (κ2) is 4.08. The van der Waals surface area contributed by atoms with Gasteiger partial charge < -0.3 is 4.90 Å². The Kier molecular flexibility index (Phi) is 2.44. The Morgan fingerprint density at radius 1 is 1.00 bits per heavy atom. The Morgan fingerprint density at radius 2 is 1.88 bits per heavy atom. The van der Waals surface area contributed by atoms with E-state index < -0.39 is 0 Å². The van der Waals surface area contributed by atoms with Crippen molar-refractivity contribution in [3.05, 3.63) is 30.5 Å². The highest BCUT2D eigenvalue weighted by Crippen LogP contribution is 2.19. The first-order chi connectivity index (χ1) is 7.93. The number of nitrogens with zero attached hydrogens (tertiary/aromatic N) is 3. The molecule has 0 radical (unpaired) electrons. The summed E-state index contributed by atoms with van der Waals surface area (Å²) in [5.41, 5.74) is 0.852. The summed E-state index contributed by atoms with van der Waals surface area (Å²) in [6.07, 6.45) is 5.71. The summed E-state index contributed by atoms with van der Waals surface area (Å²) in [6.45, 7) is 2.26. The molecule has 1 saturated heterocycles. The number of anilines is 1. The monoisotopic (exact) mass is 213 g/mol. The zero-order valence-electron chi connectivity index (χ0n) is 9.26. The molecule has 1 aliphatic heterocycles. The minimum absolute atomic E-state index is 0.852. The van der Waals surface area contributed by atoms with Crippen LogP contribution in [0.25, 0.3) is 11.0 Å². The van der Waals surface area contributed by atoms with Crippen LogP contribution >= 0.6 is 0 Å². The van der Waals surface area contributed by atoms with Crippen LogP contribution in [-0.2, 0) is 0 Å². The average Bonchev–Trinajstić information content (AvgIpc) is 2.39. The maximum atomic E-state index is 4.61. The van der Waals surface area contributed by atoms with Gasteiger partial charge in [0.15, 0.2) is 5.65 Å². The number of aromatic nitrogens is 2. The molecule has 0 N–H and O–H groups in total. The van der Waals surface area contributed by atoms with E-state index in [-0.39, 0.29) is 0 Å². The molecule has 0 aromatic carbocycles. The van der Waals surface area contributed by atoms with E-state index in [1.807, 2.05) is 6.07 Å². The summed E-state index contributed by atoms with van der Waals surface area (Å²) < 4.78 is 0. The van der Waals surface area contributed by atoms with Crippen LogP contribution < -0.4 is 4.90 Å². The van der Waals surface area contributed by atoms with Gasteiger partial charge in [-0.1, -0.05) is 0 Å². The third-order valence-electron chi connectivity index (χ3n) is 3.13. The van der Waals surface area contributed by atoms with Crippen LogP contribution in [-0.4, -0.2) is 23.1 Å². The van der Waals surface area contributed by atoms with Crippen LogP contribution in [0.5, 0.6) is 0 Å². The van der Waals surface area contributed by atoms with E-state index >= 15 is 0 Å². The van der Waals surface area contributed by atoms with Crippen LogP contribution in [0.1, 0.15) is 19.3 Å². The zero-order valence-corrected chi connectivity index (χ0v) is 9.26. The predicted molar refractivity (Wildman–Crippen MR) is 65.6 cm³/mol. The van der Waals surface area contributed by atoms with E-state index in [0.29, 0.717) is 0 Å². The van der Waals surface area contributed by atoms with Gasteiger partial charge in [0.1, 0.15) is 5.82 Å². The molecule has 3 rings (SSSR count). The highest BCUT2D eigenvalue weighted by Gasteiger charge is 2.12. The SMILES string of the molecule is c1cnc2nc(N3CCCCC3)ccc2c1. The third kappa shape index (κ3) is 1.73. The molecule has 1 aliphatic rings. The lowest BCUT2D eigenvalue weighted by molar-refractivity contribution is 0.574. The number of fused-ring (bicyclic) bond motifs is 1. The molecule has 0 aliphatic carbocycles. The summed E-state index contributed by atoms with van der Waals surface area (Å²) in [6, 6.07) is 8.22. The Labute approximate surface area is 95.1 Å². The summed E-state index contributed by atoms with van der Waals surface area (Å²) in [5, 5.41) is 1.11.